The highest BCUT2D eigenvalue weighted by Gasteiger charge is 2.12. The second kappa shape index (κ2) is 5.97. The Kier molecular flexibility index (Phi) is 4.32. The topological polar surface area (TPSA) is 47.3 Å². The van der Waals surface area contributed by atoms with Crippen molar-refractivity contribution in [3.63, 3.8) is 0 Å². The number of nitrogen functional groups attached to an aromatic ring is 1. The number of rotatable bonds is 4. The number of hydrogen-bond acceptors (Lipinski definition) is 3. The van der Waals surface area contributed by atoms with Gasteiger partial charge in [0.2, 0.25) is 0 Å². The summed E-state index contributed by atoms with van der Waals surface area (Å²) < 4.78 is 6.69. The van der Waals surface area contributed by atoms with Gasteiger partial charge in [0.1, 0.15) is 5.75 Å². The van der Waals surface area contributed by atoms with Gasteiger partial charge in [0.15, 0.2) is 5.75 Å². The molecule has 0 bridgehead atoms. The Hall–Kier alpha value is -1.68. The number of nitrogens with one attached hydrogen (secondary N) is 1. The van der Waals surface area contributed by atoms with Gasteiger partial charge < -0.3 is 15.8 Å². The molecule has 0 amide bonds. The minimum atomic E-state index is 0.313. The third-order valence-electron chi connectivity index (χ3n) is 2.56. The van der Waals surface area contributed by atoms with Crippen molar-refractivity contribution >= 4 is 27.3 Å². The van der Waals surface area contributed by atoms with Gasteiger partial charge >= 0.3 is 0 Å². The third kappa shape index (κ3) is 3.41. The van der Waals surface area contributed by atoms with Crippen molar-refractivity contribution in [1.82, 2.24) is 0 Å². The molecule has 0 aliphatic carbocycles. The predicted molar refractivity (Wildman–Crippen MR) is 83.8 cm³/mol. The molecule has 0 fully saturated rings. The molecule has 0 heterocycles. The smallest absolute Gasteiger partial charge is 0.166 e. The zero-order chi connectivity index (χ0) is 13.8. The summed E-state index contributed by atoms with van der Waals surface area (Å²) in [6.45, 7) is 4.14. The highest BCUT2D eigenvalue weighted by Crippen LogP contribution is 2.39. The molecule has 0 saturated carbocycles. The highest BCUT2D eigenvalue weighted by molar-refractivity contribution is 9.10. The average molecular weight is 321 g/mol. The van der Waals surface area contributed by atoms with E-state index in [0.29, 0.717) is 17.5 Å². The van der Waals surface area contributed by atoms with Gasteiger partial charge in [-0.3, -0.25) is 0 Å². The second-order valence-corrected chi connectivity index (χ2v) is 5.41. The van der Waals surface area contributed by atoms with E-state index in [1.54, 1.807) is 0 Å². The Bertz CT molecular complexity index is 556. The minimum Gasteiger partial charge on any atom is -0.454 e. The van der Waals surface area contributed by atoms with E-state index in [9.17, 15) is 0 Å². The van der Waals surface area contributed by atoms with Gasteiger partial charge in [-0.2, -0.15) is 0 Å². The molecule has 2 rings (SSSR count). The SMILES string of the molecule is CC(C)Nc1ccc(Br)c(Oc2ccccc2)c1N. The molecule has 3 N–H and O–H groups in total. The van der Waals surface area contributed by atoms with Crippen molar-refractivity contribution in [1.29, 1.82) is 0 Å². The number of para-hydroxylation sites is 1. The summed E-state index contributed by atoms with van der Waals surface area (Å²) in [5.41, 5.74) is 7.65. The predicted octanol–water partition coefficient (Wildman–Crippen LogP) is 4.64. The van der Waals surface area contributed by atoms with Crippen LogP contribution in [-0.4, -0.2) is 6.04 Å². The van der Waals surface area contributed by atoms with E-state index in [1.807, 2.05) is 42.5 Å². The number of ether oxygens (including phenoxy) is 1. The van der Waals surface area contributed by atoms with Crippen LogP contribution in [0.5, 0.6) is 11.5 Å². The van der Waals surface area contributed by atoms with Crippen molar-refractivity contribution in [2.45, 2.75) is 19.9 Å². The summed E-state index contributed by atoms with van der Waals surface area (Å²) in [5.74, 6) is 1.40. The Balaban J connectivity index is 2.34. The van der Waals surface area contributed by atoms with Crippen molar-refractivity contribution < 1.29 is 4.74 Å². The quantitative estimate of drug-likeness (QED) is 0.806. The fourth-order valence-electron chi connectivity index (χ4n) is 1.72. The fourth-order valence-corrected chi connectivity index (χ4v) is 2.15. The van der Waals surface area contributed by atoms with Gasteiger partial charge in [-0.1, -0.05) is 18.2 Å². The van der Waals surface area contributed by atoms with Crippen molar-refractivity contribution in [2.24, 2.45) is 0 Å². The first-order valence-corrected chi connectivity index (χ1v) is 6.94. The molecular formula is C15H17BrN2O. The first-order valence-electron chi connectivity index (χ1n) is 6.15. The van der Waals surface area contributed by atoms with Gasteiger partial charge in [-0.05, 0) is 54.0 Å². The van der Waals surface area contributed by atoms with Crippen molar-refractivity contribution in [3.05, 3.63) is 46.9 Å². The molecule has 4 heteroatoms. The molecule has 0 spiro atoms. The van der Waals surface area contributed by atoms with Crippen LogP contribution in [0.4, 0.5) is 11.4 Å². The van der Waals surface area contributed by atoms with Gasteiger partial charge in [-0.25, -0.2) is 0 Å². The average Bonchev–Trinajstić information content (AvgIpc) is 2.39. The van der Waals surface area contributed by atoms with E-state index in [-0.39, 0.29) is 0 Å². The van der Waals surface area contributed by atoms with Crippen LogP contribution in [0.1, 0.15) is 13.8 Å². The van der Waals surface area contributed by atoms with Gasteiger partial charge in [0, 0.05) is 6.04 Å². The highest BCUT2D eigenvalue weighted by atomic mass is 79.9. The zero-order valence-corrected chi connectivity index (χ0v) is 12.6. The minimum absolute atomic E-state index is 0.313. The molecule has 3 nitrogen and oxygen atoms in total. The normalized spacial score (nSPS) is 10.5. The van der Waals surface area contributed by atoms with E-state index in [4.69, 9.17) is 10.5 Å². The van der Waals surface area contributed by atoms with Crippen molar-refractivity contribution in [2.75, 3.05) is 11.1 Å². The summed E-state index contributed by atoms with van der Waals surface area (Å²) in [6, 6.07) is 13.8. The van der Waals surface area contributed by atoms with E-state index in [1.165, 1.54) is 0 Å². The third-order valence-corrected chi connectivity index (χ3v) is 3.18. The maximum absolute atomic E-state index is 6.16. The number of benzene rings is 2. The van der Waals surface area contributed by atoms with E-state index in [0.717, 1.165) is 15.9 Å². The molecule has 0 atom stereocenters. The largest absolute Gasteiger partial charge is 0.454 e. The standard InChI is InChI=1S/C15H17BrN2O/c1-10(2)18-13-9-8-12(16)15(14(13)17)19-11-6-4-3-5-7-11/h3-10,18H,17H2,1-2H3. The van der Waals surface area contributed by atoms with Crippen molar-refractivity contribution in [3.8, 4) is 11.5 Å². The molecule has 0 radical (unpaired) electrons. The number of anilines is 2. The lowest BCUT2D eigenvalue weighted by Crippen LogP contribution is -2.11. The van der Waals surface area contributed by atoms with Gasteiger partial charge in [-0.15, -0.1) is 0 Å². The lowest BCUT2D eigenvalue weighted by Gasteiger charge is -2.17. The van der Waals surface area contributed by atoms with Crippen LogP contribution in [0, 0.1) is 0 Å². The molecule has 0 aromatic heterocycles. The molecule has 2 aromatic rings. The number of hydrogen-bond donors (Lipinski definition) is 2. The Labute approximate surface area is 121 Å². The summed E-state index contributed by atoms with van der Waals surface area (Å²) in [4.78, 5) is 0. The lowest BCUT2D eigenvalue weighted by atomic mass is 10.2. The molecule has 0 aliphatic rings. The molecule has 2 aromatic carbocycles. The van der Waals surface area contributed by atoms with Crippen LogP contribution in [0.25, 0.3) is 0 Å². The van der Waals surface area contributed by atoms with Crippen LogP contribution >= 0.6 is 15.9 Å². The summed E-state index contributed by atoms with van der Waals surface area (Å²) in [6.07, 6.45) is 0. The van der Waals surface area contributed by atoms with E-state index >= 15 is 0 Å². The van der Waals surface area contributed by atoms with Crippen LogP contribution in [0.2, 0.25) is 0 Å². The second-order valence-electron chi connectivity index (χ2n) is 4.55. The summed E-state index contributed by atoms with van der Waals surface area (Å²) in [7, 11) is 0. The monoisotopic (exact) mass is 320 g/mol. The fraction of sp³-hybridized carbons (Fsp3) is 0.200. The molecule has 0 unspecified atom stereocenters. The molecule has 100 valence electrons. The molecule has 0 saturated heterocycles. The zero-order valence-electron chi connectivity index (χ0n) is 11.0. The van der Waals surface area contributed by atoms with Crippen LogP contribution in [-0.2, 0) is 0 Å². The maximum atomic E-state index is 6.16. The van der Waals surface area contributed by atoms with E-state index < -0.39 is 0 Å². The summed E-state index contributed by atoms with van der Waals surface area (Å²) in [5, 5.41) is 3.30. The van der Waals surface area contributed by atoms with E-state index in [2.05, 4.69) is 35.1 Å². The first kappa shape index (κ1) is 13.7. The maximum Gasteiger partial charge on any atom is 0.166 e. The number of nitrogens with two attached hydrogens (primary N) is 1. The van der Waals surface area contributed by atoms with Crippen LogP contribution < -0.4 is 15.8 Å². The summed E-state index contributed by atoms with van der Waals surface area (Å²) >= 11 is 3.47. The molecular weight excluding hydrogens is 304 g/mol. The lowest BCUT2D eigenvalue weighted by molar-refractivity contribution is 0.482. The molecule has 0 aliphatic heterocycles. The Morgan fingerprint density at radius 3 is 2.42 bits per heavy atom. The van der Waals surface area contributed by atoms with Crippen LogP contribution in [0.15, 0.2) is 46.9 Å². The first-order chi connectivity index (χ1) is 9.08. The Morgan fingerprint density at radius 1 is 1.11 bits per heavy atom. The molecule has 19 heavy (non-hydrogen) atoms. The van der Waals surface area contributed by atoms with Gasteiger partial charge in [0.25, 0.3) is 0 Å². The Morgan fingerprint density at radius 2 is 1.79 bits per heavy atom. The number of halogens is 1. The van der Waals surface area contributed by atoms with Crippen LogP contribution in [0.3, 0.4) is 0 Å². The van der Waals surface area contributed by atoms with Gasteiger partial charge in [0.05, 0.1) is 15.8 Å².